The van der Waals surface area contributed by atoms with Crippen molar-refractivity contribution in [3.8, 4) is 5.75 Å². The Morgan fingerprint density at radius 2 is 1.94 bits per heavy atom. The van der Waals surface area contributed by atoms with Gasteiger partial charge in [-0.3, -0.25) is 5.32 Å². The van der Waals surface area contributed by atoms with Crippen LogP contribution in [0.4, 0.5) is 0 Å². The van der Waals surface area contributed by atoms with Gasteiger partial charge in [0.25, 0.3) is 5.91 Å². The monoisotopic (exact) mass is 223 g/mol. The third-order valence-corrected chi connectivity index (χ3v) is 2.44. The number of ether oxygens (including phenoxy) is 1. The molecule has 1 aromatic rings. The SMILES string of the molecule is CCCCNC(O)(CC)Oc1ccccc1. The van der Waals surface area contributed by atoms with Crippen LogP contribution in [0.1, 0.15) is 33.1 Å². The van der Waals surface area contributed by atoms with Gasteiger partial charge in [-0.05, 0) is 18.6 Å². The molecule has 0 bridgehead atoms. The number of hydrogen-bond acceptors (Lipinski definition) is 3. The second-order valence-corrected chi connectivity index (χ2v) is 3.83. The van der Waals surface area contributed by atoms with Crippen LogP contribution in [0.15, 0.2) is 30.3 Å². The fraction of sp³-hybridized carbons (Fsp3) is 0.538. The van der Waals surface area contributed by atoms with Crippen molar-refractivity contribution in [3.63, 3.8) is 0 Å². The van der Waals surface area contributed by atoms with E-state index < -0.39 is 5.91 Å². The highest BCUT2D eigenvalue weighted by Gasteiger charge is 2.25. The molecule has 0 aliphatic heterocycles. The lowest BCUT2D eigenvalue weighted by molar-refractivity contribution is -0.164. The summed E-state index contributed by atoms with van der Waals surface area (Å²) < 4.78 is 5.54. The quantitative estimate of drug-likeness (QED) is 0.551. The summed E-state index contributed by atoms with van der Waals surface area (Å²) in [6, 6.07) is 9.36. The molecule has 2 N–H and O–H groups in total. The van der Waals surface area contributed by atoms with Crippen molar-refractivity contribution in [1.29, 1.82) is 0 Å². The van der Waals surface area contributed by atoms with E-state index in [-0.39, 0.29) is 0 Å². The summed E-state index contributed by atoms with van der Waals surface area (Å²) in [5, 5.41) is 13.2. The second kappa shape index (κ2) is 6.51. The van der Waals surface area contributed by atoms with Gasteiger partial charge in [-0.2, -0.15) is 0 Å². The van der Waals surface area contributed by atoms with Gasteiger partial charge in [-0.1, -0.05) is 38.5 Å². The minimum atomic E-state index is -1.25. The zero-order valence-corrected chi connectivity index (χ0v) is 10.1. The van der Waals surface area contributed by atoms with Crippen molar-refractivity contribution in [2.45, 2.75) is 39.0 Å². The lowest BCUT2D eigenvalue weighted by atomic mass is 10.3. The van der Waals surface area contributed by atoms with Crippen LogP contribution in [-0.2, 0) is 0 Å². The van der Waals surface area contributed by atoms with E-state index in [4.69, 9.17) is 4.74 Å². The molecule has 1 atom stereocenters. The van der Waals surface area contributed by atoms with Gasteiger partial charge < -0.3 is 9.84 Å². The van der Waals surface area contributed by atoms with E-state index in [9.17, 15) is 5.11 Å². The number of rotatable bonds is 7. The van der Waals surface area contributed by atoms with Crippen LogP contribution in [0.2, 0.25) is 0 Å². The number of aliphatic hydroxyl groups is 1. The maximum Gasteiger partial charge on any atom is 0.267 e. The van der Waals surface area contributed by atoms with Gasteiger partial charge in [0.1, 0.15) is 5.75 Å². The molecule has 0 amide bonds. The van der Waals surface area contributed by atoms with E-state index in [1.807, 2.05) is 37.3 Å². The van der Waals surface area contributed by atoms with Crippen LogP contribution < -0.4 is 10.1 Å². The molecule has 0 aromatic heterocycles. The Balaban J connectivity index is 2.52. The van der Waals surface area contributed by atoms with Crippen LogP contribution in [0.5, 0.6) is 5.75 Å². The molecule has 16 heavy (non-hydrogen) atoms. The molecule has 0 heterocycles. The van der Waals surface area contributed by atoms with Crippen molar-refractivity contribution < 1.29 is 9.84 Å². The third-order valence-electron chi connectivity index (χ3n) is 2.44. The molecule has 0 fully saturated rings. The number of unbranched alkanes of at least 4 members (excludes halogenated alkanes) is 1. The van der Waals surface area contributed by atoms with Crippen molar-refractivity contribution >= 4 is 0 Å². The number of benzene rings is 1. The van der Waals surface area contributed by atoms with E-state index in [0.717, 1.165) is 19.4 Å². The third kappa shape index (κ3) is 4.21. The average molecular weight is 223 g/mol. The van der Waals surface area contributed by atoms with Crippen LogP contribution in [0.25, 0.3) is 0 Å². The van der Waals surface area contributed by atoms with Crippen LogP contribution in [0, 0.1) is 0 Å². The first-order valence-electron chi connectivity index (χ1n) is 5.91. The Kier molecular flexibility index (Phi) is 5.29. The molecule has 0 radical (unpaired) electrons. The lowest BCUT2D eigenvalue weighted by Crippen LogP contribution is -2.50. The molecule has 3 nitrogen and oxygen atoms in total. The van der Waals surface area contributed by atoms with Gasteiger partial charge >= 0.3 is 0 Å². The molecule has 0 aliphatic rings. The van der Waals surface area contributed by atoms with Crippen LogP contribution in [-0.4, -0.2) is 17.6 Å². The molecule has 90 valence electrons. The van der Waals surface area contributed by atoms with E-state index in [2.05, 4.69) is 12.2 Å². The van der Waals surface area contributed by atoms with Gasteiger partial charge in [-0.15, -0.1) is 0 Å². The standard InChI is InChI=1S/C13H21NO2/c1-3-5-11-14-13(15,4-2)16-12-9-7-6-8-10-12/h6-10,14-15H,3-5,11H2,1-2H3. The molecular formula is C13H21NO2. The highest BCUT2D eigenvalue weighted by atomic mass is 16.6. The minimum Gasteiger partial charge on any atom is -0.449 e. The lowest BCUT2D eigenvalue weighted by Gasteiger charge is -2.28. The molecule has 3 heteroatoms. The Morgan fingerprint density at radius 1 is 1.25 bits per heavy atom. The first-order valence-corrected chi connectivity index (χ1v) is 5.91. The zero-order valence-electron chi connectivity index (χ0n) is 10.1. The summed E-state index contributed by atoms with van der Waals surface area (Å²) in [6.45, 7) is 4.76. The van der Waals surface area contributed by atoms with Gasteiger partial charge in [0.15, 0.2) is 0 Å². The first-order chi connectivity index (χ1) is 7.70. The smallest absolute Gasteiger partial charge is 0.267 e. The van der Waals surface area contributed by atoms with Crippen molar-refractivity contribution in [2.24, 2.45) is 0 Å². The van der Waals surface area contributed by atoms with Crippen molar-refractivity contribution in [3.05, 3.63) is 30.3 Å². The maximum absolute atomic E-state index is 10.2. The van der Waals surface area contributed by atoms with Gasteiger partial charge in [0.05, 0.1) is 0 Å². The molecule has 0 spiro atoms. The highest BCUT2D eigenvalue weighted by Crippen LogP contribution is 2.16. The number of hydrogen-bond donors (Lipinski definition) is 2. The average Bonchev–Trinajstić information content (AvgIpc) is 2.31. The summed E-state index contributed by atoms with van der Waals surface area (Å²) >= 11 is 0. The molecule has 0 saturated heterocycles. The Morgan fingerprint density at radius 3 is 2.50 bits per heavy atom. The minimum absolute atomic E-state index is 0.506. The van der Waals surface area contributed by atoms with E-state index in [1.54, 1.807) is 0 Å². The fourth-order valence-corrected chi connectivity index (χ4v) is 1.38. The van der Waals surface area contributed by atoms with Crippen molar-refractivity contribution in [1.82, 2.24) is 5.32 Å². The summed E-state index contributed by atoms with van der Waals surface area (Å²) in [7, 11) is 0. The van der Waals surface area contributed by atoms with E-state index in [0.29, 0.717) is 12.2 Å². The summed E-state index contributed by atoms with van der Waals surface area (Å²) in [6.07, 6.45) is 2.63. The maximum atomic E-state index is 10.2. The number of para-hydroxylation sites is 1. The fourth-order valence-electron chi connectivity index (χ4n) is 1.38. The normalized spacial score (nSPS) is 14.4. The van der Waals surface area contributed by atoms with Crippen LogP contribution >= 0.6 is 0 Å². The van der Waals surface area contributed by atoms with Crippen molar-refractivity contribution in [2.75, 3.05) is 6.54 Å². The molecule has 1 unspecified atom stereocenters. The topological polar surface area (TPSA) is 41.5 Å². The largest absolute Gasteiger partial charge is 0.449 e. The first kappa shape index (κ1) is 13.0. The Hall–Kier alpha value is -1.06. The highest BCUT2D eigenvalue weighted by molar-refractivity contribution is 5.21. The summed E-state index contributed by atoms with van der Waals surface area (Å²) in [5.41, 5.74) is 0. The molecule has 0 saturated carbocycles. The van der Waals surface area contributed by atoms with Gasteiger partial charge in [0, 0.05) is 13.0 Å². The molecule has 1 aromatic carbocycles. The zero-order chi connectivity index (χ0) is 11.9. The Bertz CT molecular complexity index is 289. The van der Waals surface area contributed by atoms with E-state index in [1.165, 1.54) is 0 Å². The molecule has 0 aliphatic carbocycles. The predicted octanol–water partition coefficient (Wildman–Crippen LogP) is 2.51. The molecular weight excluding hydrogens is 202 g/mol. The summed E-state index contributed by atoms with van der Waals surface area (Å²) in [4.78, 5) is 0. The predicted molar refractivity (Wildman–Crippen MR) is 65.2 cm³/mol. The summed E-state index contributed by atoms with van der Waals surface area (Å²) in [5.74, 6) is -0.577. The molecule has 1 rings (SSSR count). The Labute approximate surface area is 97.4 Å². The van der Waals surface area contributed by atoms with E-state index >= 15 is 0 Å². The van der Waals surface area contributed by atoms with Gasteiger partial charge in [0.2, 0.25) is 0 Å². The van der Waals surface area contributed by atoms with Gasteiger partial charge in [-0.25, -0.2) is 0 Å². The second-order valence-electron chi connectivity index (χ2n) is 3.83. The number of nitrogens with one attached hydrogen (secondary N) is 1. The van der Waals surface area contributed by atoms with Crippen LogP contribution in [0.3, 0.4) is 0 Å².